The number of piperazine rings is 1. The van der Waals surface area contributed by atoms with Crippen molar-refractivity contribution in [2.24, 2.45) is 5.92 Å². The molecule has 1 amide bonds. The number of hydrogen-bond acceptors (Lipinski definition) is 5. The molecule has 3 heterocycles. The number of benzene rings is 1. The van der Waals surface area contributed by atoms with Gasteiger partial charge in [-0.2, -0.15) is 11.8 Å². The standard InChI is InChI=1S/C17H22N2O3S/c20-17(14-3-8-23-11-14)19-6-4-18(5-7-19)10-13-1-2-15-16(9-13)22-12-21-15/h1-2,9,14H,3-8,10-12H2. The molecule has 6 heteroatoms. The summed E-state index contributed by atoms with van der Waals surface area (Å²) >= 11 is 1.91. The highest BCUT2D eigenvalue weighted by Crippen LogP contribution is 2.33. The molecule has 0 spiro atoms. The normalized spacial score (nSPS) is 24.2. The van der Waals surface area contributed by atoms with Gasteiger partial charge in [0.25, 0.3) is 0 Å². The highest BCUT2D eigenvalue weighted by atomic mass is 32.2. The van der Waals surface area contributed by atoms with Crippen LogP contribution in [0.4, 0.5) is 0 Å². The lowest BCUT2D eigenvalue weighted by atomic mass is 10.1. The molecule has 3 aliphatic heterocycles. The van der Waals surface area contributed by atoms with Gasteiger partial charge in [-0.3, -0.25) is 9.69 Å². The molecule has 23 heavy (non-hydrogen) atoms. The van der Waals surface area contributed by atoms with Gasteiger partial charge in [0.15, 0.2) is 11.5 Å². The van der Waals surface area contributed by atoms with E-state index in [0.29, 0.717) is 12.7 Å². The molecule has 124 valence electrons. The summed E-state index contributed by atoms with van der Waals surface area (Å²) in [7, 11) is 0. The number of rotatable bonds is 3. The average Bonchev–Trinajstić information content (AvgIpc) is 3.26. The molecule has 2 saturated heterocycles. The van der Waals surface area contributed by atoms with Gasteiger partial charge in [-0.25, -0.2) is 0 Å². The van der Waals surface area contributed by atoms with Crippen LogP contribution in [0.2, 0.25) is 0 Å². The van der Waals surface area contributed by atoms with Crippen molar-refractivity contribution in [3.05, 3.63) is 23.8 Å². The zero-order valence-electron chi connectivity index (χ0n) is 13.2. The lowest BCUT2D eigenvalue weighted by Gasteiger charge is -2.36. The van der Waals surface area contributed by atoms with E-state index in [1.54, 1.807) is 0 Å². The van der Waals surface area contributed by atoms with Gasteiger partial charge in [-0.1, -0.05) is 6.07 Å². The second-order valence-corrected chi connectivity index (χ2v) is 7.50. The zero-order chi connectivity index (χ0) is 15.6. The van der Waals surface area contributed by atoms with Gasteiger partial charge in [0.2, 0.25) is 12.7 Å². The third-order valence-corrected chi connectivity index (χ3v) is 5.97. The Bertz CT molecular complexity index is 581. The van der Waals surface area contributed by atoms with Gasteiger partial charge in [0, 0.05) is 44.4 Å². The largest absolute Gasteiger partial charge is 0.454 e. The Morgan fingerprint density at radius 2 is 2.00 bits per heavy atom. The quantitative estimate of drug-likeness (QED) is 0.843. The molecule has 1 atom stereocenters. The van der Waals surface area contributed by atoms with Crippen molar-refractivity contribution < 1.29 is 14.3 Å². The summed E-state index contributed by atoms with van der Waals surface area (Å²) < 4.78 is 10.8. The number of ether oxygens (including phenoxy) is 2. The lowest BCUT2D eigenvalue weighted by molar-refractivity contribution is -0.136. The molecule has 1 unspecified atom stereocenters. The van der Waals surface area contributed by atoms with Gasteiger partial charge >= 0.3 is 0 Å². The lowest BCUT2D eigenvalue weighted by Crippen LogP contribution is -2.50. The van der Waals surface area contributed by atoms with E-state index in [2.05, 4.69) is 21.9 Å². The first-order valence-corrected chi connectivity index (χ1v) is 9.42. The van der Waals surface area contributed by atoms with E-state index in [1.807, 2.05) is 17.8 Å². The third kappa shape index (κ3) is 3.28. The summed E-state index contributed by atoms with van der Waals surface area (Å²) in [6, 6.07) is 6.14. The van der Waals surface area contributed by atoms with Crippen molar-refractivity contribution in [1.82, 2.24) is 9.80 Å². The molecule has 0 bridgehead atoms. The molecule has 0 aromatic heterocycles. The average molecular weight is 334 g/mol. The minimum Gasteiger partial charge on any atom is -0.454 e. The fourth-order valence-corrected chi connectivity index (χ4v) is 4.62. The molecule has 1 aromatic carbocycles. The second kappa shape index (κ2) is 6.61. The Morgan fingerprint density at radius 3 is 2.78 bits per heavy atom. The minimum absolute atomic E-state index is 0.264. The first kappa shape index (κ1) is 15.1. The fraction of sp³-hybridized carbons (Fsp3) is 0.588. The number of nitrogens with zero attached hydrogens (tertiary/aromatic N) is 2. The van der Waals surface area contributed by atoms with Crippen LogP contribution in [0, 0.1) is 5.92 Å². The van der Waals surface area contributed by atoms with E-state index < -0.39 is 0 Å². The van der Waals surface area contributed by atoms with Crippen LogP contribution >= 0.6 is 11.8 Å². The van der Waals surface area contributed by atoms with Crippen LogP contribution in [-0.2, 0) is 11.3 Å². The van der Waals surface area contributed by atoms with Gasteiger partial charge in [-0.05, 0) is 29.9 Å². The summed E-state index contributed by atoms with van der Waals surface area (Å²) in [4.78, 5) is 16.9. The van der Waals surface area contributed by atoms with E-state index in [1.165, 1.54) is 5.56 Å². The Balaban J connectivity index is 1.30. The number of fused-ring (bicyclic) bond motifs is 1. The van der Waals surface area contributed by atoms with Crippen LogP contribution in [0.25, 0.3) is 0 Å². The van der Waals surface area contributed by atoms with E-state index in [9.17, 15) is 4.79 Å². The van der Waals surface area contributed by atoms with Crippen LogP contribution < -0.4 is 9.47 Å². The molecule has 0 N–H and O–H groups in total. The maximum absolute atomic E-state index is 12.5. The number of carbonyl (C=O) groups is 1. The Morgan fingerprint density at radius 1 is 1.17 bits per heavy atom. The van der Waals surface area contributed by atoms with Crippen molar-refractivity contribution in [2.75, 3.05) is 44.5 Å². The predicted molar refractivity (Wildman–Crippen MR) is 89.9 cm³/mol. The van der Waals surface area contributed by atoms with E-state index in [4.69, 9.17) is 9.47 Å². The van der Waals surface area contributed by atoms with Crippen LogP contribution in [-0.4, -0.2) is 60.2 Å². The summed E-state index contributed by atoms with van der Waals surface area (Å²) in [5.74, 6) is 4.46. The van der Waals surface area contributed by atoms with Crippen molar-refractivity contribution in [3.63, 3.8) is 0 Å². The monoisotopic (exact) mass is 334 g/mol. The minimum atomic E-state index is 0.264. The van der Waals surface area contributed by atoms with Crippen LogP contribution in [0.5, 0.6) is 11.5 Å². The van der Waals surface area contributed by atoms with Crippen LogP contribution in [0.1, 0.15) is 12.0 Å². The van der Waals surface area contributed by atoms with E-state index in [-0.39, 0.29) is 5.92 Å². The SMILES string of the molecule is O=C(C1CCSC1)N1CCN(Cc2ccc3c(c2)OCO3)CC1. The molecule has 0 saturated carbocycles. The molecule has 1 aromatic rings. The number of thioether (sulfide) groups is 1. The smallest absolute Gasteiger partial charge is 0.231 e. The molecule has 5 nitrogen and oxygen atoms in total. The van der Waals surface area contributed by atoms with Crippen LogP contribution in [0.3, 0.4) is 0 Å². The van der Waals surface area contributed by atoms with E-state index >= 15 is 0 Å². The summed E-state index contributed by atoms with van der Waals surface area (Å²) in [5.41, 5.74) is 1.24. The number of hydrogen-bond donors (Lipinski definition) is 0. The highest BCUT2D eigenvalue weighted by Gasteiger charge is 2.29. The van der Waals surface area contributed by atoms with Crippen molar-refractivity contribution in [2.45, 2.75) is 13.0 Å². The number of carbonyl (C=O) groups excluding carboxylic acids is 1. The van der Waals surface area contributed by atoms with E-state index in [0.717, 1.165) is 62.1 Å². The maximum Gasteiger partial charge on any atom is 0.231 e. The van der Waals surface area contributed by atoms with Crippen molar-refractivity contribution in [3.8, 4) is 11.5 Å². The topological polar surface area (TPSA) is 42.0 Å². The first-order chi connectivity index (χ1) is 11.3. The molecule has 3 aliphatic rings. The Labute approximate surface area is 140 Å². The van der Waals surface area contributed by atoms with Gasteiger partial charge < -0.3 is 14.4 Å². The summed E-state index contributed by atoms with van der Waals surface area (Å²) in [5, 5.41) is 0. The first-order valence-electron chi connectivity index (χ1n) is 8.27. The van der Waals surface area contributed by atoms with Gasteiger partial charge in [0.1, 0.15) is 0 Å². The van der Waals surface area contributed by atoms with Gasteiger partial charge in [-0.15, -0.1) is 0 Å². The molecule has 0 aliphatic carbocycles. The molecule has 2 fully saturated rings. The summed E-state index contributed by atoms with van der Waals surface area (Å²) in [6.45, 7) is 4.81. The molecule has 4 rings (SSSR count). The van der Waals surface area contributed by atoms with Crippen molar-refractivity contribution >= 4 is 17.7 Å². The Hall–Kier alpha value is -1.40. The van der Waals surface area contributed by atoms with Crippen LogP contribution in [0.15, 0.2) is 18.2 Å². The summed E-state index contributed by atoms with van der Waals surface area (Å²) in [6.07, 6.45) is 1.06. The Kier molecular flexibility index (Phi) is 4.35. The van der Waals surface area contributed by atoms with Crippen molar-refractivity contribution in [1.29, 1.82) is 0 Å². The zero-order valence-corrected chi connectivity index (χ0v) is 14.0. The highest BCUT2D eigenvalue weighted by molar-refractivity contribution is 7.99. The van der Waals surface area contributed by atoms with Gasteiger partial charge in [0.05, 0.1) is 0 Å². The molecular weight excluding hydrogens is 312 g/mol. The second-order valence-electron chi connectivity index (χ2n) is 6.35. The molecular formula is C17H22N2O3S. The maximum atomic E-state index is 12.5. The third-order valence-electron chi connectivity index (χ3n) is 4.81. The molecule has 0 radical (unpaired) electrons. The predicted octanol–water partition coefficient (Wildman–Crippen LogP) is 1.81. The number of amides is 1. The fourth-order valence-electron chi connectivity index (χ4n) is 3.41.